The molecule has 2 amide bonds. The fourth-order valence-corrected chi connectivity index (χ4v) is 5.04. The average molecular weight is 424 g/mol. The molecule has 3 aromatic heterocycles. The molecule has 0 aliphatic carbocycles. The summed E-state index contributed by atoms with van der Waals surface area (Å²) in [6.45, 7) is 1.27. The third-order valence-corrected chi connectivity index (χ3v) is 6.43. The number of fused-ring (bicyclic) bond motifs is 4. The maximum atomic E-state index is 12.4. The molecule has 154 valence electrons. The van der Waals surface area contributed by atoms with Crippen LogP contribution >= 0.6 is 11.3 Å². The van der Waals surface area contributed by atoms with Crippen LogP contribution in [0.5, 0.6) is 5.75 Å². The summed E-state index contributed by atoms with van der Waals surface area (Å²) in [6.07, 6.45) is 4.12. The summed E-state index contributed by atoms with van der Waals surface area (Å²) in [5.41, 5.74) is 2.93. The fourth-order valence-electron chi connectivity index (χ4n) is 3.83. The minimum absolute atomic E-state index is 0.0284. The van der Waals surface area contributed by atoms with Gasteiger partial charge in [0.15, 0.2) is 0 Å². The maximum Gasteiger partial charge on any atom is 0.319 e. The van der Waals surface area contributed by atoms with Gasteiger partial charge in [-0.3, -0.25) is 5.10 Å². The number of H-pyrrole nitrogens is 1. The van der Waals surface area contributed by atoms with Crippen molar-refractivity contribution in [2.24, 2.45) is 0 Å². The number of carbonyl (C=O) groups excluding carboxylic acids is 1. The van der Waals surface area contributed by atoms with E-state index >= 15 is 0 Å². The molecule has 10 heteroatoms. The molecule has 30 heavy (non-hydrogen) atoms. The van der Waals surface area contributed by atoms with Crippen LogP contribution < -0.4 is 10.1 Å². The average Bonchev–Trinajstić information content (AvgIpc) is 3.35. The normalized spacial score (nSPS) is 13.5. The first-order valence-electron chi connectivity index (χ1n) is 9.54. The Bertz CT molecular complexity index is 1260. The molecule has 1 aromatic carbocycles. The quantitative estimate of drug-likeness (QED) is 0.524. The van der Waals surface area contributed by atoms with Crippen molar-refractivity contribution in [2.45, 2.75) is 13.0 Å². The number of aromatic nitrogens is 4. The van der Waals surface area contributed by atoms with E-state index in [1.165, 1.54) is 5.56 Å². The molecule has 0 saturated heterocycles. The number of methoxy groups -OCH3 is 1. The van der Waals surface area contributed by atoms with Crippen LogP contribution in [0.3, 0.4) is 0 Å². The van der Waals surface area contributed by atoms with Crippen LogP contribution in [0.4, 0.5) is 16.3 Å². The second-order valence-electron chi connectivity index (χ2n) is 7.39. The lowest BCUT2D eigenvalue weighted by Gasteiger charge is -2.29. The van der Waals surface area contributed by atoms with Gasteiger partial charge in [-0.2, -0.15) is 5.10 Å². The molecule has 0 bridgehead atoms. The lowest BCUT2D eigenvalue weighted by Crippen LogP contribution is -2.41. The Kier molecular flexibility index (Phi) is 4.43. The molecule has 0 atom stereocenters. The highest BCUT2D eigenvalue weighted by molar-refractivity contribution is 7.19. The van der Waals surface area contributed by atoms with Crippen molar-refractivity contribution in [3.8, 4) is 5.75 Å². The maximum absolute atomic E-state index is 12.4. The van der Waals surface area contributed by atoms with Crippen LogP contribution in [0.1, 0.15) is 10.4 Å². The first-order valence-corrected chi connectivity index (χ1v) is 10.4. The van der Waals surface area contributed by atoms with Crippen molar-refractivity contribution in [2.75, 3.05) is 33.1 Å². The summed E-state index contributed by atoms with van der Waals surface area (Å²) >= 11 is 1.62. The molecule has 4 aromatic rings. The number of nitrogens with one attached hydrogen (secondary N) is 2. The fraction of sp³-hybridized carbons (Fsp3) is 0.300. The minimum atomic E-state index is 0.0284. The Hall–Kier alpha value is -3.40. The summed E-state index contributed by atoms with van der Waals surface area (Å²) in [4.78, 5) is 27.0. The van der Waals surface area contributed by atoms with Crippen LogP contribution in [-0.2, 0) is 13.0 Å². The Morgan fingerprint density at radius 3 is 3.00 bits per heavy atom. The summed E-state index contributed by atoms with van der Waals surface area (Å²) in [5, 5.41) is 12.5. The van der Waals surface area contributed by atoms with Crippen LogP contribution in [0.15, 0.2) is 24.7 Å². The van der Waals surface area contributed by atoms with E-state index in [9.17, 15) is 4.79 Å². The largest absolute Gasteiger partial charge is 0.494 e. The van der Waals surface area contributed by atoms with Gasteiger partial charge in [0.1, 0.15) is 22.7 Å². The van der Waals surface area contributed by atoms with Crippen molar-refractivity contribution in [1.29, 1.82) is 0 Å². The number of hydrogen-bond donors (Lipinski definition) is 2. The molecule has 0 saturated carbocycles. The molecular formula is C20H21N7O2S. The molecule has 9 nitrogen and oxygen atoms in total. The monoisotopic (exact) mass is 423 g/mol. The molecular weight excluding hydrogens is 402 g/mol. The number of hydrogen-bond acceptors (Lipinski definition) is 7. The molecule has 0 fully saturated rings. The predicted molar refractivity (Wildman–Crippen MR) is 117 cm³/mol. The van der Waals surface area contributed by atoms with Gasteiger partial charge in [0, 0.05) is 37.0 Å². The molecule has 0 spiro atoms. The zero-order valence-corrected chi connectivity index (χ0v) is 17.7. The summed E-state index contributed by atoms with van der Waals surface area (Å²) in [6, 6.07) is 3.93. The molecule has 0 radical (unpaired) electrons. The van der Waals surface area contributed by atoms with Crippen molar-refractivity contribution >= 4 is 50.0 Å². The molecule has 2 N–H and O–H groups in total. The van der Waals surface area contributed by atoms with E-state index in [-0.39, 0.29) is 6.03 Å². The number of carbonyl (C=O) groups is 1. The number of benzene rings is 1. The van der Waals surface area contributed by atoms with Gasteiger partial charge in [-0.05, 0) is 18.1 Å². The van der Waals surface area contributed by atoms with Gasteiger partial charge in [-0.25, -0.2) is 14.8 Å². The SMILES string of the molecule is COc1cc2[nH]ncc2cc1Nc1ncnc2sc3c(c12)CCN(C(=O)N(C)C)C3. The number of aromatic amines is 1. The van der Waals surface area contributed by atoms with Gasteiger partial charge in [-0.1, -0.05) is 0 Å². The Balaban J connectivity index is 1.55. The Morgan fingerprint density at radius 2 is 2.20 bits per heavy atom. The van der Waals surface area contributed by atoms with Crippen LogP contribution in [-0.4, -0.2) is 63.7 Å². The summed E-state index contributed by atoms with van der Waals surface area (Å²) in [7, 11) is 5.20. The van der Waals surface area contributed by atoms with E-state index in [1.807, 2.05) is 17.0 Å². The van der Waals surface area contributed by atoms with Crippen molar-refractivity contribution in [1.82, 2.24) is 30.0 Å². The van der Waals surface area contributed by atoms with Gasteiger partial charge in [0.25, 0.3) is 0 Å². The van der Waals surface area contributed by atoms with Crippen LogP contribution in [0.25, 0.3) is 21.1 Å². The first-order chi connectivity index (χ1) is 14.5. The highest BCUT2D eigenvalue weighted by Gasteiger charge is 2.27. The number of thiophene rings is 1. The number of amides is 2. The van der Waals surface area contributed by atoms with E-state index in [1.54, 1.807) is 50.0 Å². The zero-order chi connectivity index (χ0) is 20.8. The number of anilines is 2. The van der Waals surface area contributed by atoms with Gasteiger partial charge >= 0.3 is 6.03 Å². The first kappa shape index (κ1) is 18.6. The van der Waals surface area contributed by atoms with Crippen LogP contribution in [0, 0.1) is 0 Å². The Labute approximate surface area is 176 Å². The van der Waals surface area contributed by atoms with Gasteiger partial charge in [0.2, 0.25) is 0 Å². The van der Waals surface area contributed by atoms with E-state index in [4.69, 9.17) is 4.74 Å². The molecule has 0 unspecified atom stereocenters. The topological polar surface area (TPSA) is 99.3 Å². The molecule has 5 rings (SSSR count). The zero-order valence-electron chi connectivity index (χ0n) is 16.9. The molecule has 1 aliphatic heterocycles. The van der Waals surface area contributed by atoms with E-state index in [0.29, 0.717) is 18.8 Å². The highest BCUT2D eigenvalue weighted by atomic mass is 32.1. The number of ether oxygens (including phenoxy) is 1. The standard InChI is InChI=1S/C20H21N7O2S/c1-26(2)20(28)27-5-4-12-16(9-27)30-19-17(12)18(21-10-22-19)24-14-6-11-8-23-25-13(11)7-15(14)29-3/h6-8,10H,4-5,9H2,1-3H3,(H,23,25)(H,21,22,24). The van der Waals surface area contributed by atoms with Gasteiger partial charge in [-0.15, -0.1) is 11.3 Å². The second-order valence-corrected chi connectivity index (χ2v) is 8.47. The van der Waals surface area contributed by atoms with E-state index in [0.717, 1.165) is 43.9 Å². The lowest BCUT2D eigenvalue weighted by atomic mass is 10.0. The third-order valence-electron chi connectivity index (χ3n) is 5.30. The van der Waals surface area contributed by atoms with E-state index < -0.39 is 0 Å². The van der Waals surface area contributed by atoms with Gasteiger partial charge < -0.3 is 19.9 Å². The smallest absolute Gasteiger partial charge is 0.319 e. The summed E-state index contributed by atoms with van der Waals surface area (Å²) in [5.74, 6) is 1.44. The minimum Gasteiger partial charge on any atom is -0.494 e. The lowest BCUT2D eigenvalue weighted by molar-refractivity contribution is 0.166. The predicted octanol–water partition coefficient (Wildman–Crippen LogP) is 3.36. The van der Waals surface area contributed by atoms with Crippen molar-refractivity contribution in [3.05, 3.63) is 35.1 Å². The number of nitrogens with zero attached hydrogens (tertiary/aromatic N) is 5. The highest BCUT2D eigenvalue weighted by Crippen LogP contribution is 2.39. The number of urea groups is 1. The second kappa shape index (κ2) is 7.13. The van der Waals surface area contributed by atoms with Crippen molar-refractivity contribution in [3.63, 3.8) is 0 Å². The molecule has 4 heterocycles. The Morgan fingerprint density at radius 1 is 1.33 bits per heavy atom. The number of rotatable bonds is 3. The van der Waals surface area contributed by atoms with Gasteiger partial charge in [0.05, 0.1) is 36.4 Å². The third kappa shape index (κ3) is 3.00. The summed E-state index contributed by atoms with van der Waals surface area (Å²) < 4.78 is 5.56. The van der Waals surface area contributed by atoms with Crippen LogP contribution in [0.2, 0.25) is 0 Å². The van der Waals surface area contributed by atoms with E-state index in [2.05, 4.69) is 25.5 Å². The van der Waals surface area contributed by atoms with Crippen molar-refractivity contribution < 1.29 is 9.53 Å². The molecule has 1 aliphatic rings.